The van der Waals surface area contributed by atoms with Crippen LogP contribution in [0.25, 0.3) is 0 Å². The number of anilines is 2. The molecule has 1 aromatic heterocycles. The zero-order valence-corrected chi connectivity index (χ0v) is 15.6. The summed E-state index contributed by atoms with van der Waals surface area (Å²) in [6.07, 6.45) is 8.79. The fraction of sp³-hybridized carbons (Fsp3) is 0.545. The molecule has 2 heterocycles. The standard InChI is InChI=1S/C22H28N4/c1-15-12-17-6-2-3-7-18(17)14-26(15)21-13-20(16-10-11-16)24-22(25-21)23-19-8-4-5-9-19/h2-3,6-7,13,15-16,19H,4-5,8-12,14H2,1H3,(H,23,24,25)/t15-/m1/s1. The summed E-state index contributed by atoms with van der Waals surface area (Å²) in [4.78, 5) is 12.3. The molecule has 2 aromatic rings. The van der Waals surface area contributed by atoms with Crippen molar-refractivity contribution in [1.29, 1.82) is 0 Å². The van der Waals surface area contributed by atoms with Crippen molar-refractivity contribution in [2.75, 3.05) is 10.2 Å². The average Bonchev–Trinajstić information content (AvgIpc) is 3.39. The fourth-order valence-electron chi connectivity index (χ4n) is 4.49. The molecular formula is C22H28N4. The molecule has 5 rings (SSSR count). The van der Waals surface area contributed by atoms with E-state index >= 15 is 0 Å². The molecule has 4 nitrogen and oxygen atoms in total. The number of nitrogens with zero attached hydrogens (tertiary/aromatic N) is 3. The Bertz CT molecular complexity index is 792. The minimum Gasteiger partial charge on any atom is -0.351 e. The van der Waals surface area contributed by atoms with E-state index in [1.165, 1.54) is 55.3 Å². The van der Waals surface area contributed by atoms with Gasteiger partial charge in [0.15, 0.2) is 0 Å². The van der Waals surface area contributed by atoms with Gasteiger partial charge in [0.25, 0.3) is 0 Å². The van der Waals surface area contributed by atoms with Crippen LogP contribution in [0.4, 0.5) is 11.8 Å². The normalized spacial score (nSPS) is 23.1. The van der Waals surface area contributed by atoms with Crippen molar-refractivity contribution in [2.24, 2.45) is 0 Å². The van der Waals surface area contributed by atoms with E-state index in [1.807, 2.05) is 0 Å². The number of hydrogen-bond acceptors (Lipinski definition) is 4. The van der Waals surface area contributed by atoms with Gasteiger partial charge in [-0.05, 0) is 50.2 Å². The van der Waals surface area contributed by atoms with Gasteiger partial charge >= 0.3 is 0 Å². The molecule has 0 amide bonds. The summed E-state index contributed by atoms with van der Waals surface area (Å²) < 4.78 is 0. The Hall–Kier alpha value is -2.10. The Kier molecular flexibility index (Phi) is 4.07. The summed E-state index contributed by atoms with van der Waals surface area (Å²) in [5.41, 5.74) is 4.15. The highest BCUT2D eigenvalue weighted by molar-refractivity contribution is 5.50. The van der Waals surface area contributed by atoms with Gasteiger partial charge in [0.2, 0.25) is 5.95 Å². The van der Waals surface area contributed by atoms with Crippen LogP contribution >= 0.6 is 0 Å². The number of benzene rings is 1. The van der Waals surface area contributed by atoms with Crippen LogP contribution in [0.15, 0.2) is 30.3 Å². The summed E-state index contributed by atoms with van der Waals surface area (Å²) >= 11 is 0. The maximum atomic E-state index is 4.96. The highest BCUT2D eigenvalue weighted by Gasteiger charge is 2.29. The Morgan fingerprint density at radius 2 is 1.77 bits per heavy atom. The van der Waals surface area contributed by atoms with E-state index in [9.17, 15) is 0 Å². The van der Waals surface area contributed by atoms with Crippen LogP contribution in [-0.4, -0.2) is 22.1 Å². The van der Waals surface area contributed by atoms with E-state index in [-0.39, 0.29) is 0 Å². The van der Waals surface area contributed by atoms with E-state index in [4.69, 9.17) is 9.97 Å². The zero-order valence-electron chi connectivity index (χ0n) is 15.6. The van der Waals surface area contributed by atoms with Crippen LogP contribution in [0.5, 0.6) is 0 Å². The number of nitrogens with one attached hydrogen (secondary N) is 1. The summed E-state index contributed by atoms with van der Waals surface area (Å²) in [7, 11) is 0. The van der Waals surface area contributed by atoms with Gasteiger partial charge in [-0.3, -0.25) is 0 Å². The maximum absolute atomic E-state index is 4.96. The molecule has 2 saturated carbocycles. The Morgan fingerprint density at radius 3 is 2.54 bits per heavy atom. The molecule has 0 spiro atoms. The van der Waals surface area contributed by atoms with E-state index in [1.54, 1.807) is 0 Å². The van der Waals surface area contributed by atoms with Crippen LogP contribution < -0.4 is 10.2 Å². The highest BCUT2D eigenvalue weighted by atomic mass is 15.3. The molecular weight excluding hydrogens is 320 g/mol. The lowest BCUT2D eigenvalue weighted by atomic mass is 9.95. The first-order valence-electron chi connectivity index (χ1n) is 10.3. The Morgan fingerprint density at radius 1 is 1.00 bits per heavy atom. The fourth-order valence-corrected chi connectivity index (χ4v) is 4.49. The van der Waals surface area contributed by atoms with E-state index in [2.05, 4.69) is 47.5 Å². The first-order chi connectivity index (χ1) is 12.8. The maximum Gasteiger partial charge on any atom is 0.225 e. The van der Waals surface area contributed by atoms with Gasteiger partial charge in [-0.1, -0.05) is 37.1 Å². The van der Waals surface area contributed by atoms with Crippen molar-refractivity contribution in [3.63, 3.8) is 0 Å². The van der Waals surface area contributed by atoms with Crippen LogP contribution in [0, 0.1) is 0 Å². The molecule has 2 aliphatic carbocycles. The molecule has 3 aliphatic rings. The molecule has 0 bridgehead atoms. The molecule has 2 fully saturated rings. The molecule has 1 aliphatic heterocycles. The lowest BCUT2D eigenvalue weighted by Gasteiger charge is -2.36. The summed E-state index contributed by atoms with van der Waals surface area (Å²) in [6, 6.07) is 12.1. The number of hydrogen-bond donors (Lipinski definition) is 1. The molecule has 4 heteroatoms. The van der Waals surface area contributed by atoms with Gasteiger partial charge in [-0.25, -0.2) is 4.98 Å². The SMILES string of the molecule is C[C@@H]1Cc2ccccc2CN1c1cc(C2CC2)nc(NC2CCCC2)n1. The second-order valence-corrected chi connectivity index (χ2v) is 8.32. The summed E-state index contributed by atoms with van der Waals surface area (Å²) in [5.74, 6) is 2.60. The number of aromatic nitrogens is 2. The van der Waals surface area contributed by atoms with Crippen LogP contribution in [-0.2, 0) is 13.0 Å². The predicted molar refractivity (Wildman–Crippen MR) is 106 cm³/mol. The van der Waals surface area contributed by atoms with Gasteiger partial charge in [0, 0.05) is 30.6 Å². The number of fused-ring (bicyclic) bond motifs is 1. The molecule has 136 valence electrons. The second kappa shape index (κ2) is 6.57. The van der Waals surface area contributed by atoms with Gasteiger partial charge in [-0.15, -0.1) is 0 Å². The van der Waals surface area contributed by atoms with Gasteiger partial charge in [0.05, 0.1) is 5.69 Å². The molecule has 0 radical (unpaired) electrons. The lowest BCUT2D eigenvalue weighted by molar-refractivity contribution is 0.585. The van der Waals surface area contributed by atoms with E-state index in [0.717, 1.165) is 24.7 Å². The van der Waals surface area contributed by atoms with Crippen molar-refractivity contribution in [3.05, 3.63) is 47.2 Å². The Labute approximate surface area is 156 Å². The monoisotopic (exact) mass is 348 g/mol. The van der Waals surface area contributed by atoms with E-state index in [0.29, 0.717) is 18.0 Å². The van der Waals surface area contributed by atoms with E-state index < -0.39 is 0 Å². The molecule has 1 atom stereocenters. The molecule has 0 unspecified atom stereocenters. The third-order valence-corrected chi connectivity index (χ3v) is 6.22. The molecule has 1 N–H and O–H groups in total. The van der Waals surface area contributed by atoms with Gasteiger partial charge in [-0.2, -0.15) is 4.98 Å². The van der Waals surface area contributed by atoms with Crippen LogP contribution in [0.1, 0.15) is 68.2 Å². The Balaban J connectivity index is 1.46. The molecule has 1 aromatic carbocycles. The van der Waals surface area contributed by atoms with Gasteiger partial charge in [0.1, 0.15) is 5.82 Å². The minimum absolute atomic E-state index is 0.464. The van der Waals surface area contributed by atoms with Crippen LogP contribution in [0.2, 0.25) is 0 Å². The zero-order chi connectivity index (χ0) is 17.5. The van der Waals surface area contributed by atoms with Crippen molar-refractivity contribution in [3.8, 4) is 0 Å². The second-order valence-electron chi connectivity index (χ2n) is 8.32. The van der Waals surface area contributed by atoms with Crippen molar-refractivity contribution in [2.45, 2.75) is 76.4 Å². The first kappa shape index (κ1) is 16.1. The molecule has 26 heavy (non-hydrogen) atoms. The predicted octanol–water partition coefficient (Wildman–Crippen LogP) is 4.66. The summed E-state index contributed by atoms with van der Waals surface area (Å²) in [6.45, 7) is 3.26. The highest BCUT2D eigenvalue weighted by Crippen LogP contribution is 2.41. The summed E-state index contributed by atoms with van der Waals surface area (Å²) in [5, 5.41) is 3.63. The van der Waals surface area contributed by atoms with Crippen molar-refractivity contribution < 1.29 is 0 Å². The first-order valence-corrected chi connectivity index (χ1v) is 10.3. The largest absolute Gasteiger partial charge is 0.351 e. The average molecular weight is 348 g/mol. The minimum atomic E-state index is 0.464. The van der Waals surface area contributed by atoms with Gasteiger partial charge < -0.3 is 10.2 Å². The molecule has 0 saturated heterocycles. The van der Waals surface area contributed by atoms with Crippen LogP contribution in [0.3, 0.4) is 0 Å². The third-order valence-electron chi connectivity index (χ3n) is 6.22. The van der Waals surface area contributed by atoms with Crippen molar-refractivity contribution >= 4 is 11.8 Å². The smallest absolute Gasteiger partial charge is 0.225 e. The quantitative estimate of drug-likeness (QED) is 0.872. The number of rotatable bonds is 4. The third kappa shape index (κ3) is 3.17. The lowest BCUT2D eigenvalue weighted by Crippen LogP contribution is -2.39. The van der Waals surface area contributed by atoms with Crippen molar-refractivity contribution in [1.82, 2.24) is 9.97 Å². The topological polar surface area (TPSA) is 41.1 Å².